The van der Waals surface area contributed by atoms with Crippen LogP contribution in [-0.4, -0.2) is 36.3 Å². The Hall–Kier alpha value is -3.53. The largest absolute Gasteiger partial charge is 0.359 e. The minimum atomic E-state index is -0.943. The summed E-state index contributed by atoms with van der Waals surface area (Å²) < 4.78 is 33.2. The first kappa shape index (κ1) is 21.3. The number of aromatic amines is 2. The molecule has 0 saturated carbocycles. The van der Waals surface area contributed by atoms with Crippen molar-refractivity contribution >= 4 is 17.8 Å². The van der Waals surface area contributed by atoms with Gasteiger partial charge in [-0.2, -0.15) is 5.10 Å². The van der Waals surface area contributed by atoms with Gasteiger partial charge in [-0.3, -0.25) is 5.01 Å². The van der Waals surface area contributed by atoms with Crippen LogP contribution in [-0.2, 0) is 19.5 Å². The molecule has 0 atom stereocenters. The highest BCUT2D eigenvalue weighted by molar-refractivity contribution is 6.31. The maximum Gasteiger partial charge on any atom is 0.169 e. The van der Waals surface area contributed by atoms with Gasteiger partial charge in [-0.25, -0.2) is 18.7 Å². The first-order valence-corrected chi connectivity index (χ1v) is 10.9. The number of aryl methyl sites for hydroxylation is 1. The number of imidazole rings is 2. The molecule has 3 aromatic heterocycles. The van der Waals surface area contributed by atoms with Crippen molar-refractivity contribution in [1.82, 2.24) is 30.1 Å². The van der Waals surface area contributed by atoms with Crippen molar-refractivity contribution in [2.24, 2.45) is 5.10 Å². The molecule has 1 aliphatic heterocycles. The van der Waals surface area contributed by atoms with Crippen molar-refractivity contribution in [3.63, 3.8) is 0 Å². The van der Waals surface area contributed by atoms with E-state index in [0.29, 0.717) is 46.8 Å². The Bertz CT molecular complexity index is 1330. The number of unbranched alkanes of at least 4 members (excludes halogenated alkanes) is 1. The van der Waals surface area contributed by atoms with Gasteiger partial charge in [0.1, 0.15) is 23.0 Å². The summed E-state index contributed by atoms with van der Waals surface area (Å²) in [4.78, 5) is 15.0. The van der Waals surface area contributed by atoms with E-state index in [2.05, 4.69) is 37.1 Å². The second kappa shape index (κ2) is 8.78. The highest BCUT2D eigenvalue weighted by Gasteiger charge is 2.22. The van der Waals surface area contributed by atoms with Crippen molar-refractivity contribution in [3.8, 4) is 22.8 Å². The molecule has 0 radical (unpaired) electrons. The molecule has 0 unspecified atom stereocenters. The van der Waals surface area contributed by atoms with E-state index in [1.165, 1.54) is 12.1 Å². The summed E-state index contributed by atoms with van der Waals surface area (Å²) in [6.07, 6.45) is 4.49. The van der Waals surface area contributed by atoms with Crippen LogP contribution < -0.4 is 0 Å². The molecule has 5 rings (SSSR count). The third-order valence-electron chi connectivity index (χ3n) is 5.33. The highest BCUT2D eigenvalue weighted by Crippen LogP contribution is 2.28. The molecule has 0 amide bonds. The van der Waals surface area contributed by atoms with E-state index in [-0.39, 0.29) is 11.4 Å². The standard InChI is InChI=1S/C22H20ClF2N7O/c1-2-3-7-18-29-20(21(23)30-18)15-8-12(33-31-15)10-32-11-17-16(9-26-32)27-22(28-17)13-5-4-6-14(24)19(13)25/h4-6,8-9H,2-3,7,10-11H2,1H3,(H,27,28)(H,29,30). The fourth-order valence-corrected chi connectivity index (χ4v) is 3.88. The van der Waals surface area contributed by atoms with E-state index in [1.54, 1.807) is 17.3 Å². The molecule has 0 saturated heterocycles. The number of hydrogen-bond acceptors (Lipinski definition) is 6. The summed E-state index contributed by atoms with van der Waals surface area (Å²) in [6, 6.07) is 5.77. The molecule has 33 heavy (non-hydrogen) atoms. The zero-order valence-electron chi connectivity index (χ0n) is 17.7. The molecular weight excluding hydrogens is 452 g/mol. The number of rotatable bonds is 7. The molecule has 4 aromatic rings. The lowest BCUT2D eigenvalue weighted by Gasteiger charge is -2.19. The molecule has 2 N–H and O–H groups in total. The number of nitrogens with one attached hydrogen (secondary N) is 2. The van der Waals surface area contributed by atoms with Crippen LogP contribution in [0.2, 0.25) is 5.15 Å². The van der Waals surface area contributed by atoms with Crippen LogP contribution >= 0.6 is 11.6 Å². The number of H-pyrrole nitrogens is 2. The predicted molar refractivity (Wildman–Crippen MR) is 118 cm³/mol. The number of aromatic nitrogens is 5. The quantitative estimate of drug-likeness (QED) is 0.391. The Morgan fingerprint density at radius 1 is 1.21 bits per heavy atom. The number of hydrogen-bond donors (Lipinski definition) is 2. The van der Waals surface area contributed by atoms with Gasteiger partial charge in [0, 0.05) is 12.5 Å². The molecule has 0 aliphatic carbocycles. The third-order valence-corrected chi connectivity index (χ3v) is 5.60. The van der Waals surface area contributed by atoms with Crippen molar-refractivity contribution in [1.29, 1.82) is 0 Å². The lowest BCUT2D eigenvalue weighted by Crippen LogP contribution is -2.21. The minimum absolute atomic E-state index is 0.0685. The molecule has 11 heteroatoms. The van der Waals surface area contributed by atoms with Crippen LogP contribution in [0.15, 0.2) is 33.9 Å². The molecule has 0 fully saturated rings. The topological polar surface area (TPSA) is 99.0 Å². The zero-order valence-corrected chi connectivity index (χ0v) is 18.5. The van der Waals surface area contributed by atoms with Crippen molar-refractivity contribution in [3.05, 3.63) is 64.0 Å². The van der Waals surface area contributed by atoms with E-state index >= 15 is 0 Å². The van der Waals surface area contributed by atoms with Crippen LogP contribution in [0.25, 0.3) is 22.8 Å². The Kier molecular flexibility index (Phi) is 5.67. The summed E-state index contributed by atoms with van der Waals surface area (Å²) in [7, 11) is 0. The smallest absolute Gasteiger partial charge is 0.169 e. The summed E-state index contributed by atoms with van der Waals surface area (Å²) in [5, 5.41) is 10.6. The number of benzene rings is 1. The van der Waals surface area contributed by atoms with E-state index < -0.39 is 11.6 Å². The highest BCUT2D eigenvalue weighted by atomic mass is 35.5. The van der Waals surface area contributed by atoms with Crippen molar-refractivity contribution < 1.29 is 13.3 Å². The van der Waals surface area contributed by atoms with Gasteiger partial charge in [-0.05, 0) is 18.6 Å². The van der Waals surface area contributed by atoms with E-state index in [1.807, 2.05) is 0 Å². The van der Waals surface area contributed by atoms with Gasteiger partial charge in [0.25, 0.3) is 0 Å². The second-order valence-electron chi connectivity index (χ2n) is 7.75. The summed E-state index contributed by atoms with van der Waals surface area (Å²) >= 11 is 6.27. The molecular formula is C22H20ClF2N7O. The SMILES string of the molecule is CCCCc1nc(Cl)c(-c2cc(CN3Cc4nc(-c5cccc(F)c5F)[nH]c4C=N3)on2)[nH]1. The van der Waals surface area contributed by atoms with Gasteiger partial charge >= 0.3 is 0 Å². The number of hydrazone groups is 1. The molecule has 8 nitrogen and oxygen atoms in total. The van der Waals surface area contributed by atoms with Gasteiger partial charge in [-0.1, -0.05) is 36.2 Å². The summed E-state index contributed by atoms with van der Waals surface area (Å²) in [6.45, 7) is 2.82. The Labute approximate surface area is 192 Å². The first-order valence-electron chi connectivity index (χ1n) is 10.5. The van der Waals surface area contributed by atoms with Gasteiger partial charge < -0.3 is 14.5 Å². The minimum Gasteiger partial charge on any atom is -0.359 e. The zero-order chi connectivity index (χ0) is 22.9. The first-order chi connectivity index (χ1) is 16.0. The lowest BCUT2D eigenvalue weighted by atomic mass is 10.2. The molecule has 170 valence electrons. The van der Waals surface area contributed by atoms with Crippen LogP contribution in [0.4, 0.5) is 8.78 Å². The second-order valence-corrected chi connectivity index (χ2v) is 8.10. The third kappa shape index (κ3) is 4.25. The average Bonchev–Trinajstić information content (AvgIpc) is 3.52. The van der Waals surface area contributed by atoms with E-state index in [4.69, 9.17) is 16.1 Å². The average molecular weight is 472 g/mol. The Morgan fingerprint density at radius 3 is 2.94 bits per heavy atom. The van der Waals surface area contributed by atoms with Crippen molar-refractivity contribution in [2.45, 2.75) is 39.3 Å². The van der Waals surface area contributed by atoms with Crippen LogP contribution in [0.1, 0.15) is 42.7 Å². The molecule has 0 bridgehead atoms. The van der Waals surface area contributed by atoms with Crippen LogP contribution in [0, 0.1) is 11.6 Å². The van der Waals surface area contributed by atoms with Crippen LogP contribution in [0.3, 0.4) is 0 Å². The predicted octanol–water partition coefficient (Wildman–Crippen LogP) is 5.08. The Morgan fingerprint density at radius 2 is 2.09 bits per heavy atom. The number of fused-ring (bicyclic) bond motifs is 1. The number of halogens is 3. The number of nitrogens with zero attached hydrogens (tertiary/aromatic N) is 5. The van der Waals surface area contributed by atoms with Gasteiger partial charge in [0.05, 0.1) is 36.3 Å². The van der Waals surface area contributed by atoms with Crippen LogP contribution in [0.5, 0.6) is 0 Å². The summed E-state index contributed by atoms with van der Waals surface area (Å²) in [5.41, 5.74) is 2.57. The molecule has 0 spiro atoms. The fraction of sp³-hybridized carbons (Fsp3) is 0.273. The van der Waals surface area contributed by atoms with E-state index in [0.717, 1.165) is 31.2 Å². The van der Waals surface area contributed by atoms with Gasteiger partial charge in [-0.15, -0.1) is 0 Å². The van der Waals surface area contributed by atoms with E-state index in [9.17, 15) is 8.78 Å². The lowest BCUT2D eigenvalue weighted by molar-refractivity contribution is 0.229. The Balaban J connectivity index is 1.29. The van der Waals surface area contributed by atoms with Crippen molar-refractivity contribution in [2.75, 3.05) is 0 Å². The fourth-order valence-electron chi connectivity index (χ4n) is 3.63. The van der Waals surface area contributed by atoms with Gasteiger partial charge in [0.2, 0.25) is 0 Å². The maximum absolute atomic E-state index is 14.1. The maximum atomic E-state index is 14.1. The summed E-state index contributed by atoms with van der Waals surface area (Å²) in [5.74, 6) is -0.216. The molecule has 4 heterocycles. The van der Waals surface area contributed by atoms with Gasteiger partial charge in [0.15, 0.2) is 22.5 Å². The molecule has 1 aliphatic rings. The monoisotopic (exact) mass is 471 g/mol. The normalized spacial score (nSPS) is 13.0. The molecule has 1 aromatic carbocycles.